The number of aromatic amines is 1. The first-order chi connectivity index (χ1) is 11.0. The van der Waals surface area contributed by atoms with Crippen LogP contribution in [-0.2, 0) is 4.79 Å². The largest absolute Gasteiger partial charge is 0.352 e. The van der Waals surface area contributed by atoms with Crippen molar-refractivity contribution in [2.75, 3.05) is 11.9 Å². The summed E-state index contributed by atoms with van der Waals surface area (Å²) in [4.78, 5) is 23.2. The Morgan fingerprint density at radius 3 is 2.48 bits per heavy atom. The van der Waals surface area contributed by atoms with Gasteiger partial charge >= 0.3 is 0 Å². The normalized spacial score (nSPS) is 10.4. The molecule has 0 atom stereocenters. The van der Waals surface area contributed by atoms with Crippen LogP contribution in [0.2, 0.25) is 0 Å². The van der Waals surface area contributed by atoms with Gasteiger partial charge in [-0.1, -0.05) is 0 Å². The summed E-state index contributed by atoms with van der Waals surface area (Å²) in [5.41, 5.74) is 0.195. The lowest BCUT2D eigenvalue weighted by atomic mass is 10.2. The van der Waals surface area contributed by atoms with Gasteiger partial charge in [0.25, 0.3) is 5.91 Å². The quantitative estimate of drug-likeness (QED) is 0.560. The number of nitrogens with one attached hydrogen (secondary N) is 3. The summed E-state index contributed by atoms with van der Waals surface area (Å²) in [6, 6.07) is 1.22. The fourth-order valence-corrected chi connectivity index (χ4v) is 1.78. The molecule has 0 spiro atoms. The molecular weight excluding hydrogens is 313 g/mol. The van der Waals surface area contributed by atoms with Gasteiger partial charge in [0, 0.05) is 24.7 Å². The Hall–Kier alpha value is -2.84. The van der Waals surface area contributed by atoms with E-state index in [0.717, 1.165) is 0 Å². The van der Waals surface area contributed by atoms with E-state index in [-0.39, 0.29) is 24.4 Å². The van der Waals surface area contributed by atoms with E-state index in [2.05, 4.69) is 20.8 Å². The van der Waals surface area contributed by atoms with Gasteiger partial charge in [-0.05, 0) is 18.6 Å². The van der Waals surface area contributed by atoms with Crippen LogP contribution in [0, 0.1) is 17.5 Å². The van der Waals surface area contributed by atoms with Crippen LogP contribution in [0.25, 0.3) is 0 Å². The predicted octanol–water partition coefficient (Wildman–Crippen LogP) is 1.98. The summed E-state index contributed by atoms with van der Waals surface area (Å²) in [5, 5.41) is 11.2. The minimum Gasteiger partial charge on any atom is -0.352 e. The van der Waals surface area contributed by atoms with Crippen molar-refractivity contribution in [2.24, 2.45) is 0 Å². The highest BCUT2D eigenvalue weighted by Gasteiger charge is 2.14. The van der Waals surface area contributed by atoms with Crippen LogP contribution in [0.3, 0.4) is 0 Å². The van der Waals surface area contributed by atoms with Crippen molar-refractivity contribution >= 4 is 17.5 Å². The second-order valence-electron chi connectivity index (χ2n) is 4.65. The molecule has 23 heavy (non-hydrogen) atoms. The number of anilines is 1. The van der Waals surface area contributed by atoms with Gasteiger partial charge in [0.15, 0.2) is 17.5 Å². The lowest BCUT2D eigenvalue weighted by Gasteiger charge is -2.06. The van der Waals surface area contributed by atoms with Gasteiger partial charge in [0.2, 0.25) is 5.91 Å². The van der Waals surface area contributed by atoms with Crippen LogP contribution < -0.4 is 10.6 Å². The van der Waals surface area contributed by atoms with E-state index in [0.29, 0.717) is 24.2 Å². The average Bonchev–Trinajstić information content (AvgIpc) is 3.01. The fraction of sp³-hybridized carbons (Fsp3) is 0.214. The van der Waals surface area contributed by atoms with Gasteiger partial charge in [-0.15, -0.1) is 0 Å². The minimum absolute atomic E-state index is 0.123. The third-order valence-corrected chi connectivity index (χ3v) is 2.89. The molecule has 2 aromatic rings. The second kappa shape index (κ2) is 7.43. The van der Waals surface area contributed by atoms with Crippen molar-refractivity contribution in [2.45, 2.75) is 12.8 Å². The Morgan fingerprint density at radius 1 is 1.17 bits per heavy atom. The van der Waals surface area contributed by atoms with E-state index in [1.807, 2.05) is 0 Å². The molecule has 6 nitrogen and oxygen atoms in total. The summed E-state index contributed by atoms with van der Waals surface area (Å²) in [5.74, 6) is -5.51. The molecule has 3 N–H and O–H groups in total. The van der Waals surface area contributed by atoms with Crippen LogP contribution in [0.1, 0.15) is 23.2 Å². The van der Waals surface area contributed by atoms with Crippen molar-refractivity contribution in [3.05, 3.63) is 47.5 Å². The number of amides is 2. The molecule has 0 unspecified atom stereocenters. The van der Waals surface area contributed by atoms with Gasteiger partial charge in [0.05, 0.1) is 11.9 Å². The number of hydrogen-bond donors (Lipinski definition) is 3. The molecule has 0 aliphatic heterocycles. The molecule has 2 rings (SSSR count). The van der Waals surface area contributed by atoms with Crippen molar-refractivity contribution < 1.29 is 22.8 Å². The number of carbonyl (C=O) groups excluding carboxylic acids is 2. The van der Waals surface area contributed by atoms with Gasteiger partial charge < -0.3 is 10.6 Å². The molecule has 2 amide bonds. The van der Waals surface area contributed by atoms with Crippen molar-refractivity contribution in [3.63, 3.8) is 0 Å². The molecular formula is C14H13F3N4O2. The van der Waals surface area contributed by atoms with Crippen molar-refractivity contribution in [3.8, 4) is 0 Å². The molecule has 122 valence electrons. The van der Waals surface area contributed by atoms with E-state index in [9.17, 15) is 22.8 Å². The monoisotopic (exact) mass is 326 g/mol. The molecule has 1 aromatic heterocycles. The number of rotatable bonds is 6. The number of benzene rings is 1. The summed E-state index contributed by atoms with van der Waals surface area (Å²) >= 11 is 0. The summed E-state index contributed by atoms with van der Waals surface area (Å²) in [6.07, 6.45) is 3.41. The van der Waals surface area contributed by atoms with Gasteiger partial charge in [-0.2, -0.15) is 5.10 Å². The smallest absolute Gasteiger partial charge is 0.251 e. The van der Waals surface area contributed by atoms with Gasteiger partial charge in [-0.25, -0.2) is 13.2 Å². The van der Waals surface area contributed by atoms with Crippen LogP contribution in [-0.4, -0.2) is 28.6 Å². The van der Waals surface area contributed by atoms with E-state index in [4.69, 9.17) is 0 Å². The molecule has 9 heteroatoms. The Morgan fingerprint density at radius 2 is 1.87 bits per heavy atom. The van der Waals surface area contributed by atoms with E-state index in [1.54, 1.807) is 0 Å². The van der Waals surface area contributed by atoms with Gasteiger partial charge in [-0.3, -0.25) is 14.7 Å². The Labute approximate surface area is 129 Å². The van der Waals surface area contributed by atoms with Crippen LogP contribution in [0.4, 0.5) is 18.9 Å². The Bertz CT molecular complexity index is 681. The summed E-state index contributed by atoms with van der Waals surface area (Å²) < 4.78 is 38.8. The third-order valence-electron chi connectivity index (χ3n) is 2.89. The Balaban J connectivity index is 1.75. The van der Waals surface area contributed by atoms with Crippen molar-refractivity contribution in [1.82, 2.24) is 15.5 Å². The Kier molecular flexibility index (Phi) is 5.34. The first-order valence-electron chi connectivity index (χ1n) is 6.68. The molecule has 0 saturated heterocycles. The molecule has 0 aliphatic carbocycles. The van der Waals surface area contributed by atoms with Crippen LogP contribution in [0.5, 0.6) is 0 Å². The third kappa shape index (κ3) is 4.56. The molecule has 0 bridgehead atoms. The molecule has 0 radical (unpaired) electrons. The lowest BCUT2D eigenvalue weighted by molar-refractivity contribution is -0.116. The van der Waals surface area contributed by atoms with E-state index < -0.39 is 23.4 Å². The number of H-pyrrole nitrogens is 1. The first-order valence-corrected chi connectivity index (χ1v) is 6.68. The fourth-order valence-electron chi connectivity index (χ4n) is 1.78. The second-order valence-corrected chi connectivity index (χ2v) is 4.65. The number of carbonyl (C=O) groups is 2. The van der Waals surface area contributed by atoms with Gasteiger partial charge in [0.1, 0.15) is 0 Å². The maximum absolute atomic E-state index is 13.0. The highest BCUT2D eigenvalue weighted by Crippen LogP contribution is 2.13. The predicted molar refractivity (Wildman–Crippen MR) is 75.1 cm³/mol. The molecule has 1 aromatic carbocycles. The average molecular weight is 326 g/mol. The SMILES string of the molecule is O=C(CCCNC(=O)c1cc(F)c(F)c(F)c1)Nc1cn[nH]c1. The van der Waals surface area contributed by atoms with Crippen LogP contribution >= 0.6 is 0 Å². The highest BCUT2D eigenvalue weighted by atomic mass is 19.2. The number of hydrogen-bond acceptors (Lipinski definition) is 3. The maximum atomic E-state index is 13.0. The highest BCUT2D eigenvalue weighted by molar-refractivity contribution is 5.94. The van der Waals surface area contributed by atoms with Crippen molar-refractivity contribution in [1.29, 1.82) is 0 Å². The lowest BCUT2D eigenvalue weighted by Crippen LogP contribution is -2.26. The first kappa shape index (κ1) is 16.5. The topological polar surface area (TPSA) is 86.9 Å². The zero-order valence-corrected chi connectivity index (χ0v) is 11.8. The number of nitrogens with zero attached hydrogens (tertiary/aromatic N) is 1. The molecule has 0 aliphatic rings. The minimum atomic E-state index is -1.63. The molecule has 0 fully saturated rings. The number of halogens is 3. The van der Waals surface area contributed by atoms with Crippen LogP contribution in [0.15, 0.2) is 24.5 Å². The summed E-state index contributed by atoms with van der Waals surface area (Å²) in [7, 11) is 0. The van der Waals surface area contributed by atoms with E-state index >= 15 is 0 Å². The van der Waals surface area contributed by atoms with E-state index in [1.165, 1.54) is 12.4 Å². The standard InChI is InChI=1S/C14H13F3N4O2/c15-10-4-8(5-11(16)13(10)17)14(23)18-3-1-2-12(22)21-9-6-19-20-7-9/h4-7H,1-3H2,(H,18,23)(H,19,20)(H,21,22). The summed E-state index contributed by atoms with van der Waals surface area (Å²) in [6.45, 7) is 0.123. The zero-order valence-electron chi connectivity index (χ0n) is 11.8. The maximum Gasteiger partial charge on any atom is 0.251 e. The molecule has 1 heterocycles. The zero-order chi connectivity index (χ0) is 16.8. The number of aromatic nitrogens is 2. The molecule has 0 saturated carbocycles.